The second-order valence-corrected chi connectivity index (χ2v) is 7.18. The van der Waals surface area contributed by atoms with Crippen LogP contribution in [0.15, 0.2) is 6.20 Å². The van der Waals surface area contributed by atoms with Crippen LogP contribution in [0.25, 0.3) is 0 Å². The number of ether oxygens (including phenoxy) is 5. The van der Waals surface area contributed by atoms with E-state index in [1.807, 2.05) is 0 Å². The standard InChI is InChI=1S/C17H22IN3O9/c1-8(22)26-7-13-14(27-9(2)23)15(28-10(3)24)16(29-11(4)25)17(30-13)21-6-12(5-18)19-20-21/h6,13-17H,5,7H2,1-4H3/t13-,14-,15+,16+,17-/m1/s1. The third kappa shape index (κ3) is 6.35. The Kier molecular flexibility index (Phi) is 8.52. The summed E-state index contributed by atoms with van der Waals surface area (Å²) in [5.41, 5.74) is 0.628. The third-order valence-electron chi connectivity index (χ3n) is 3.92. The lowest BCUT2D eigenvalue weighted by molar-refractivity contribution is -0.270. The zero-order valence-corrected chi connectivity index (χ0v) is 18.9. The highest BCUT2D eigenvalue weighted by Crippen LogP contribution is 2.34. The highest BCUT2D eigenvalue weighted by Gasteiger charge is 2.53. The van der Waals surface area contributed by atoms with Crippen LogP contribution in [-0.4, -0.2) is 69.9 Å². The van der Waals surface area contributed by atoms with Crippen LogP contribution in [0.2, 0.25) is 0 Å². The molecule has 1 aromatic heterocycles. The normalized spacial score (nSPS) is 25.8. The topological polar surface area (TPSA) is 145 Å². The number of nitrogens with zero attached hydrogens (tertiary/aromatic N) is 3. The molecule has 166 valence electrons. The molecule has 12 nitrogen and oxygen atoms in total. The highest BCUT2D eigenvalue weighted by atomic mass is 127. The molecule has 0 aromatic carbocycles. The molecule has 0 aliphatic carbocycles. The van der Waals surface area contributed by atoms with Crippen LogP contribution in [0.3, 0.4) is 0 Å². The molecule has 0 spiro atoms. The maximum atomic E-state index is 11.8. The first-order valence-electron chi connectivity index (χ1n) is 8.89. The van der Waals surface area contributed by atoms with Crippen molar-refractivity contribution in [1.82, 2.24) is 15.0 Å². The van der Waals surface area contributed by atoms with E-state index in [2.05, 4.69) is 32.9 Å². The monoisotopic (exact) mass is 539 g/mol. The van der Waals surface area contributed by atoms with Gasteiger partial charge in [-0.05, 0) is 0 Å². The van der Waals surface area contributed by atoms with Gasteiger partial charge in [-0.3, -0.25) is 19.2 Å². The quantitative estimate of drug-likeness (QED) is 0.206. The van der Waals surface area contributed by atoms with Crippen LogP contribution < -0.4 is 0 Å². The lowest BCUT2D eigenvalue weighted by atomic mass is 9.97. The summed E-state index contributed by atoms with van der Waals surface area (Å²) in [5, 5.41) is 7.97. The molecule has 1 aromatic rings. The van der Waals surface area contributed by atoms with Gasteiger partial charge in [0, 0.05) is 32.1 Å². The first kappa shape index (κ1) is 24.0. The molecule has 30 heavy (non-hydrogen) atoms. The number of halogens is 1. The van der Waals surface area contributed by atoms with E-state index in [9.17, 15) is 19.2 Å². The SMILES string of the molecule is CC(=O)OC[C@H]1O[C@@H](n2cc(CI)nn2)[C@@H](OC(C)=O)[C@@H](OC(C)=O)[C@@H]1OC(C)=O. The van der Waals surface area contributed by atoms with Crippen molar-refractivity contribution in [2.24, 2.45) is 0 Å². The fourth-order valence-corrected chi connectivity index (χ4v) is 3.27. The molecule has 1 fully saturated rings. The summed E-state index contributed by atoms with van der Waals surface area (Å²) in [6.45, 7) is 4.39. The van der Waals surface area contributed by atoms with Crippen molar-refractivity contribution in [3.05, 3.63) is 11.9 Å². The summed E-state index contributed by atoms with van der Waals surface area (Å²) in [5.74, 6) is -2.66. The Morgan fingerprint density at radius 3 is 2.03 bits per heavy atom. The molecule has 0 amide bonds. The van der Waals surface area contributed by atoms with Crippen LogP contribution in [0.5, 0.6) is 0 Å². The van der Waals surface area contributed by atoms with Crippen molar-refractivity contribution in [3.63, 3.8) is 0 Å². The molecule has 1 aliphatic heterocycles. The molecule has 2 rings (SSSR count). The molecule has 2 heterocycles. The number of aromatic nitrogens is 3. The molecule has 0 N–H and O–H groups in total. The number of rotatable bonds is 7. The van der Waals surface area contributed by atoms with Crippen LogP contribution in [0, 0.1) is 0 Å². The lowest BCUT2D eigenvalue weighted by Crippen LogP contribution is -2.60. The van der Waals surface area contributed by atoms with Crippen molar-refractivity contribution in [2.75, 3.05) is 6.61 Å². The van der Waals surface area contributed by atoms with E-state index in [4.69, 9.17) is 23.7 Å². The first-order chi connectivity index (χ1) is 14.1. The van der Waals surface area contributed by atoms with E-state index in [0.29, 0.717) is 10.1 Å². The summed E-state index contributed by atoms with van der Waals surface area (Å²) < 4.78 is 28.9. The second kappa shape index (κ2) is 10.7. The minimum atomic E-state index is -1.25. The number of esters is 4. The van der Waals surface area contributed by atoms with Gasteiger partial charge in [-0.2, -0.15) is 0 Å². The summed E-state index contributed by atoms with van der Waals surface area (Å²) >= 11 is 2.10. The number of carbonyl (C=O) groups is 4. The van der Waals surface area contributed by atoms with Gasteiger partial charge < -0.3 is 23.7 Å². The second-order valence-electron chi connectivity index (χ2n) is 6.41. The minimum absolute atomic E-state index is 0.303. The highest BCUT2D eigenvalue weighted by molar-refractivity contribution is 14.1. The van der Waals surface area contributed by atoms with Gasteiger partial charge >= 0.3 is 23.9 Å². The Balaban J connectivity index is 2.50. The van der Waals surface area contributed by atoms with Gasteiger partial charge in [-0.1, -0.05) is 27.8 Å². The van der Waals surface area contributed by atoms with Crippen LogP contribution in [0.1, 0.15) is 39.6 Å². The van der Waals surface area contributed by atoms with Gasteiger partial charge in [-0.15, -0.1) is 5.10 Å². The Morgan fingerprint density at radius 2 is 1.53 bits per heavy atom. The zero-order chi connectivity index (χ0) is 22.4. The average molecular weight is 539 g/mol. The van der Waals surface area contributed by atoms with Gasteiger partial charge in [0.1, 0.15) is 12.7 Å². The number of alkyl halides is 1. The van der Waals surface area contributed by atoms with E-state index in [1.54, 1.807) is 6.20 Å². The fraction of sp³-hybridized carbons (Fsp3) is 0.647. The van der Waals surface area contributed by atoms with Gasteiger partial charge in [0.05, 0.1) is 11.9 Å². The Bertz CT molecular complexity index is 799. The number of hydrogen-bond donors (Lipinski definition) is 0. The van der Waals surface area contributed by atoms with Gasteiger partial charge in [0.25, 0.3) is 0 Å². The van der Waals surface area contributed by atoms with Crippen LogP contribution >= 0.6 is 22.6 Å². The van der Waals surface area contributed by atoms with Crippen molar-refractivity contribution >= 4 is 46.5 Å². The molecular formula is C17H22IN3O9. The Morgan fingerprint density at radius 1 is 0.967 bits per heavy atom. The van der Waals surface area contributed by atoms with Crippen LogP contribution in [-0.2, 0) is 47.3 Å². The minimum Gasteiger partial charge on any atom is -0.463 e. The summed E-state index contributed by atoms with van der Waals surface area (Å²) in [6, 6.07) is 0. The van der Waals surface area contributed by atoms with Crippen molar-refractivity contribution in [3.8, 4) is 0 Å². The predicted octanol–water partition coefficient (Wildman–Crippen LogP) is 0.469. The third-order valence-corrected chi connectivity index (χ3v) is 4.70. The fourth-order valence-electron chi connectivity index (χ4n) is 2.92. The van der Waals surface area contributed by atoms with E-state index in [-0.39, 0.29) is 6.61 Å². The van der Waals surface area contributed by atoms with E-state index >= 15 is 0 Å². The van der Waals surface area contributed by atoms with Crippen LogP contribution in [0.4, 0.5) is 0 Å². The van der Waals surface area contributed by atoms with E-state index in [1.165, 1.54) is 18.5 Å². The smallest absolute Gasteiger partial charge is 0.303 e. The average Bonchev–Trinajstić information content (AvgIpc) is 3.11. The van der Waals surface area contributed by atoms with Gasteiger partial charge in [0.15, 0.2) is 24.5 Å². The van der Waals surface area contributed by atoms with Crippen molar-refractivity contribution in [1.29, 1.82) is 0 Å². The molecule has 0 radical (unpaired) electrons. The molecule has 13 heteroatoms. The molecule has 5 atom stereocenters. The summed E-state index contributed by atoms with van der Waals surface area (Å²) in [7, 11) is 0. The molecule has 1 saturated heterocycles. The van der Waals surface area contributed by atoms with E-state index in [0.717, 1.165) is 13.8 Å². The zero-order valence-electron chi connectivity index (χ0n) is 16.8. The number of carbonyl (C=O) groups excluding carboxylic acids is 4. The largest absolute Gasteiger partial charge is 0.463 e. The molecule has 0 bridgehead atoms. The van der Waals surface area contributed by atoms with Crippen molar-refractivity contribution in [2.45, 2.75) is 62.8 Å². The molecule has 0 unspecified atom stereocenters. The first-order valence-corrected chi connectivity index (χ1v) is 10.4. The summed E-state index contributed by atoms with van der Waals surface area (Å²) in [6.07, 6.45) is -4.22. The lowest BCUT2D eigenvalue weighted by Gasteiger charge is -2.44. The summed E-state index contributed by atoms with van der Waals surface area (Å²) in [4.78, 5) is 46.5. The maximum Gasteiger partial charge on any atom is 0.303 e. The number of hydrogen-bond acceptors (Lipinski definition) is 11. The molecular weight excluding hydrogens is 517 g/mol. The van der Waals surface area contributed by atoms with Gasteiger partial charge in [-0.25, -0.2) is 4.68 Å². The Labute approximate surface area is 185 Å². The molecule has 0 saturated carbocycles. The maximum absolute atomic E-state index is 11.8. The van der Waals surface area contributed by atoms with E-state index < -0.39 is 54.5 Å². The van der Waals surface area contributed by atoms with Gasteiger partial charge in [0.2, 0.25) is 0 Å². The molecule has 1 aliphatic rings. The van der Waals surface area contributed by atoms with Crippen molar-refractivity contribution < 1.29 is 42.9 Å². The Hall–Kier alpha value is -2.29. The predicted molar refractivity (Wildman–Crippen MR) is 105 cm³/mol.